The highest BCUT2D eigenvalue weighted by atomic mass is 32.2. The number of thioether (sulfide) groups is 1. The number of nitrogens with zero attached hydrogens (tertiary/aromatic N) is 1. The molecule has 1 aliphatic rings. The summed E-state index contributed by atoms with van der Waals surface area (Å²) in [7, 11) is 0. The normalized spacial score (nSPS) is 20.8. The molecule has 2 amide bonds. The topological polar surface area (TPSA) is 37.4 Å². The van der Waals surface area contributed by atoms with E-state index in [2.05, 4.69) is 0 Å². The third-order valence-corrected chi connectivity index (χ3v) is 3.84. The van der Waals surface area contributed by atoms with Crippen molar-refractivity contribution in [1.82, 2.24) is 0 Å². The van der Waals surface area contributed by atoms with E-state index in [1.807, 2.05) is 0 Å². The maximum Gasteiger partial charge on any atom is 0.418 e. The fraction of sp³-hybridized carbons (Fsp3) is 0.333. The number of hydrogen-bond donors (Lipinski definition) is 0. The highest BCUT2D eigenvalue weighted by molar-refractivity contribution is 8.01. The molecule has 1 heterocycles. The first-order chi connectivity index (χ1) is 8.82. The highest BCUT2D eigenvalue weighted by Crippen LogP contribution is 2.38. The summed E-state index contributed by atoms with van der Waals surface area (Å²) in [4.78, 5) is 24.3. The van der Waals surface area contributed by atoms with E-state index in [-0.39, 0.29) is 5.75 Å². The standard InChI is InChI=1S/C12H10F3NO2S/c1-7-11(18)16(10(17)6-19-7)9-5-3-2-4-8(9)12(13,14)15/h2-5,7H,6H2,1H3/t7-/m1/s1. The number of para-hydroxylation sites is 1. The van der Waals surface area contributed by atoms with Gasteiger partial charge in [-0.3, -0.25) is 9.59 Å². The zero-order valence-corrected chi connectivity index (χ0v) is 10.7. The van der Waals surface area contributed by atoms with E-state index >= 15 is 0 Å². The molecule has 1 fully saturated rings. The smallest absolute Gasteiger partial charge is 0.273 e. The van der Waals surface area contributed by atoms with Crippen LogP contribution in [0.1, 0.15) is 12.5 Å². The molecule has 1 saturated heterocycles. The van der Waals surface area contributed by atoms with Gasteiger partial charge >= 0.3 is 6.18 Å². The van der Waals surface area contributed by atoms with Crippen LogP contribution in [0.2, 0.25) is 0 Å². The van der Waals surface area contributed by atoms with Gasteiger partial charge < -0.3 is 0 Å². The van der Waals surface area contributed by atoms with E-state index in [4.69, 9.17) is 0 Å². The Morgan fingerprint density at radius 2 is 1.89 bits per heavy atom. The molecule has 0 aliphatic carbocycles. The van der Waals surface area contributed by atoms with Crippen LogP contribution in [-0.4, -0.2) is 22.8 Å². The Kier molecular flexibility index (Phi) is 3.58. The second-order valence-electron chi connectivity index (χ2n) is 4.04. The number of rotatable bonds is 1. The van der Waals surface area contributed by atoms with Crippen LogP contribution in [0, 0.1) is 0 Å². The van der Waals surface area contributed by atoms with Crippen molar-refractivity contribution in [3.05, 3.63) is 29.8 Å². The van der Waals surface area contributed by atoms with Crippen molar-refractivity contribution in [1.29, 1.82) is 0 Å². The first-order valence-electron chi connectivity index (χ1n) is 5.47. The highest BCUT2D eigenvalue weighted by Gasteiger charge is 2.40. The molecule has 0 unspecified atom stereocenters. The van der Waals surface area contributed by atoms with E-state index in [9.17, 15) is 22.8 Å². The molecule has 0 N–H and O–H groups in total. The van der Waals surface area contributed by atoms with Crippen molar-refractivity contribution < 1.29 is 22.8 Å². The van der Waals surface area contributed by atoms with Crippen molar-refractivity contribution in [2.75, 3.05) is 10.7 Å². The van der Waals surface area contributed by atoms with Crippen LogP contribution in [0.4, 0.5) is 18.9 Å². The molecule has 3 nitrogen and oxygen atoms in total. The van der Waals surface area contributed by atoms with E-state index in [0.717, 1.165) is 23.9 Å². The first-order valence-corrected chi connectivity index (χ1v) is 6.52. The minimum Gasteiger partial charge on any atom is -0.273 e. The molecule has 1 aromatic carbocycles. The van der Waals surface area contributed by atoms with Crippen LogP contribution in [0.5, 0.6) is 0 Å². The molecule has 1 atom stereocenters. The predicted molar refractivity (Wildman–Crippen MR) is 65.9 cm³/mol. The number of carbonyl (C=O) groups is 2. The number of carbonyl (C=O) groups excluding carboxylic acids is 2. The molecule has 1 aliphatic heterocycles. The maximum absolute atomic E-state index is 12.9. The Hall–Kier alpha value is -1.50. The Morgan fingerprint density at radius 3 is 2.53 bits per heavy atom. The number of amides is 2. The Morgan fingerprint density at radius 1 is 1.26 bits per heavy atom. The van der Waals surface area contributed by atoms with Crippen molar-refractivity contribution in [3.8, 4) is 0 Å². The number of imide groups is 1. The number of alkyl halides is 3. The lowest BCUT2D eigenvalue weighted by molar-refractivity contribution is -0.137. The third kappa shape index (κ3) is 2.60. The van der Waals surface area contributed by atoms with Gasteiger partial charge in [0.25, 0.3) is 0 Å². The van der Waals surface area contributed by atoms with E-state index in [1.54, 1.807) is 6.92 Å². The van der Waals surface area contributed by atoms with Crippen LogP contribution in [-0.2, 0) is 15.8 Å². The summed E-state index contributed by atoms with van der Waals surface area (Å²) in [6, 6.07) is 4.60. The number of hydrogen-bond acceptors (Lipinski definition) is 3. The summed E-state index contributed by atoms with van der Waals surface area (Å²) in [6.45, 7) is 1.57. The Bertz CT molecular complexity index is 530. The lowest BCUT2D eigenvalue weighted by Crippen LogP contribution is -2.47. The summed E-state index contributed by atoms with van der Waals surface area (Å²) in [5.74, 6) is -1.23. The number of benzene rings is 1. The number of halogens is 3. The quantitative estimate of drug-likeness (QED) is 0.746. The average molecular weight is 289 g/mol. The van der Waals surface area contributed by atoms with Crippen LogP contribution in [0.25, 0.3) is 0 Å². The zero-order valence-electron chi connectivity index (χ0n) is 9.90. The molecular weight excluding hydrogens is 279 g/mol. The summed E-state index contributed by atoms with van der Waals surface area (Å²) >= 11 is 1.12. The molecule has 0 radical (unpaired) electrons. The predicted octanol–water partition coefficient (Wildman–Crippen LogP) is 2.70. The van der Waals surface area contributed by atoms with Gasteiger partial charge in [-0.2, -0.15) is 13.2 Å². The van der Waals surface area contributed by atoms with Crippen LogP contribution >= 0.6 is 11.8 Å². The van der Waals surface area contributed by atoms with Gasteiger partial charge in [0.15, 0.2) is 0 Å². The molecule has 0 bridgehead atoms. The van der Waals surface area contributed by atoms with Gasteiger partial charge in [-0.05, 0) is 19.1 Å². The van der Waals surface area contributed by atoms with Crippen molar-refractivity contribution >= 4 is 29.3 Å². The van der Waals surface area contributed by atoms with Crippen molar-refractivity contribution in [2.24, 2.45) is 0 Å². The lowest BCUT2D eigenvalue weighted by Gasteiger charge is -2.30. The third-order valence-electron chi connectivity index (χ3n) is 2.72. The Balaban J connectivity index is 2.52. The van der Waals surface area contributed by atoms with Gasteiger partial charge in [0.05, 0.1) is 22.3 Å². The molecule has 2 rings (SSSR count). The zero-order chi connectivity index (χ0) is 14.2. The van der Waals surface area contributed by atoms with Gasteiger partial charge in [0.2, 0.25) is 11.8 Å². The molecule has 0 spiro atoms. The summed E-state index contributed by atoms with van der Waals surface area (Å²) in [6.07, 6.45) is -4.61. The van der Waals surface area contributed by atoms with Gasteiger partial charge in [0, 0.05) is 0 Å². The minimum atomic E-state index is -4.61. The molecule has 0 saturated carbocycles. The average Bonchev–Trinajstić information content (AvgIpc) is 2.34. The van der Waals surface area contributed by atoms with Gasteiger partial charge in [-0.15, -0.1) is 11.8 Å². The van der Waals surface area contributed by atoms with Crippen LogP contribution in [0.15, 0.2) is 24.3 Å². The fourth-order valence-corrected chi connectivity index (χ4v) is 2.57. The Labute approximate surface area is 111 Å². The maximum atomic E-state index is 12.9. The van der Waals surface area contributed by atoms with Gasteiger partial charge in [0.1, 0.15) is 0 Å². The molecule has 7 heteroatoms. The SMILES string of the molecule is C[C@H]1SCC(=O)N(c2ccccc2C(F)(F)F)C1=O. The molecule has 0 aromatic heterocycles. The lowest BCUT2D eigenvalue weighted by atomic mass is 10.1. The fourth-order valence-electron chi connectivity index (χ4n) is 1.80. The summed E-state index contributed by atoms with van der Waals surface area (Å²) < 4.78 is 38.7. The van der Waals surface area contributed by atoms with Gasteiger partial charge in [-0.1, -0.05) is 12.1 Å². The summed E-state index contributed by atoms with van der Waals surface area (Å²) in [5.41, 5.74) is -1.37. The molecule has 102 valence electrons. The molecular formula is C12H10F3NO2S. The second-order valence-corrected chi connectivity index (χ2v) is 5.36. The van der Waals surface area contributed by atoms with Crippen LogP contribution in [0.3, 0.4) is 0 Å². The minimum absolute atomic E-state index is 0.000895. The summed E-state index contributed by atoms with van der Waals surface area (Å²) in [5, 5.41) is -0.529. The van der Waals surface area contributed by atoms with E-state index in [1.165, 1.54) is 12.1 Å². The van der Waals surface area contributed by atoms with E-state index < -0.39 is 34.5 Å². The first kappa shape index (κ1) is 13.9. The second kappa shape index (κ2) is 4.88. The number of anilines is 1. The molecule has 19 heavy (non-hydrogen) atoms. The monoisotopic (exact) mass is 289 g/mol. The van der Waals surface area contributed by atoms with Crippen molar-refractivity contribution in [3.63, 3.8) is 0 Å². The van der Waals surface area contributed by atoms with Crippen LogP contribution < -0.4 is 4.90 Å². The van der Waals surface area contributed by atoms with E-state index in [0.29, 0.717) is 4.90 Å². The largest absolute Gasteiger partial charge is 0.418 e. The van der Waals surface area contributed by atoms with Crippen molar-refractivity contribution in [2.45, 2.75) is 18.3 Å². The molecule has 1 aromatic rings. The van der Waals surface area contributed by atoms with Gasteiger partial charge in [-0.25, -0.2) is 4.90 Å².